The van der Waals surface area contributed by atoms with Crippen LogP contribution in [0.3, 0.4) is 0 Å². The van der Waals surface area contributed by atoms with Crippen molar-refractivity contribution in [2.24, 2.45) is 11.8 Å². The van der Waals surface area contributed by atoms with E-state index in [1.54, 1.807) is 0 Å². The predicted molar refractivity (Wildman–Crippen MR) is 117 cm³/mol. The molecule has 1 N–H and O–H groups in total. The van der Waals surface area contributed by atoms with E-state index < -0.39 is 0 Å². The van der Waals surface area contributed by atoms with Crippen molar-refractivity contribution in [3.8, 4) is 0 Å². The van der Waals surface area contributed by atoms with E-state index in [0.717, 1.165) is 25.1 Å². The molecule has 2 amide bonds. The van der Waals surface area contributed by atoms with Crippen LogP contribution in [0.2, 0.25) is 0 Å². The van der Waals surface area contributed by atoms with Crippen LogP contribution in [-0.4, -0.2) is 59.9 Å². The first-order valence-corrected chi connectivity index (χ1v) is 11.2. The van der Waals surface area contributed by atoms with Gasteiger partial charge in [-0.15, -0.1) is 0 Å². The number of carbonyl (C=O) groups is 2. The topological polar surface area (TPSA) is 52.7 Å². The maximum absolute atomic E-state index is 12.8. The van der Waals surface area contributed by atoms with Gasteiger partial charge in [0.15, 0.2) is 0 Å². The van der Waals surface area contributed by atoms with Gasteiger partial charge in [0.1, 0.15) is 0 Å². The van der Waals surface area contributed by atoms with E-state index in [4.69, 9.17) is 0 Å². The molecule has 29 heavy (non-hydrogen) atoms. The second-order valence-corrected chi connectivity index (χ2v) is 9.14. The average molecular weight is 400 g/mol. The Balaban J connectivity index is 1.46. The van der Waals surface area contributed by atoms with E-state index in [1.165, 1.54) is 18.4 Å². The van der Waals surface area contributed by atoms with Crippen LogP contribution < -0.4 is 5.32 Å². The summed E-state index contributed by atoms with van der Waals surface area (Å²) in [5, 5.41) is 3.31. The summed E-state index contributed by atoms with van der Waals surface area (Å²) >= 11 is 0. The van der Waals surface area contributed by atoms with Crippen molar-refractivity contribution >= 4 is 11.8 Å². The van der Waals surface area contributed by atoms with Crippen LogP contribution in [0, 0.1) is 18.8 Å². The van der Waals surface area contributed by atoms with Crippen molar-refractivity contribution in [2.45, 2.75) is 65.5 Å². The number of rotatable bonds is 5. The Labute approximate surface area is 175 Å². The zero-order valence-corrected chi connectivity index (χ0v) is 18.5. The fraction of sp³-hybridized carbons (Fsp3) is 0.667. The minimum Gasteiger partial charge on any atom is -0.352 e. The number of nitrogens with one attached hydrogen (secondary N) is 1. The molecule has 0 radical (unpaired) electrons. The molecule has 1 aromatic carbocycles. The maximum Gasteiger partial charge on any atom is 0.237 e. The first-order chi connectivity index (χ1) is 13.8. The van der Waals surface area contributed by atoms with Crippen LogP contribution in [-0.2, 0) is 16.0 Å². The van der Waals surface area contributed by atoms with Crippen LogP contribution in [0.4, 0.5) is 0 Å². The third-order valence-electron chi connectivity index (χ3n) is 7.10. The molecule has 3 rings (SSSR count). The Bertz CT molecular complexity index is 695. The van der Waals surface area contributed by atoms with Crippen LogP contribution in [0.5, 0.6) is 0 Å². The molecule has 1 aromatic rings. The summed E-state index contributed by atoms with van der Waals surface area (Å²) in [5.74, 6) is 1.52. The SMILES string of the molecule is Cc1ccc(CC(=O)N2CCN(C(C)C(=O)NC3CCCC(C)C3C)CC2)cc1. The standard InChI is InChI=1S/C24H37N3O2/c1-17-8-10-21(11-9-17)16-23(28)27-14-12-26(13-15-27)20(4)24(29)25-22-7-5-6-18(2)19(22)3/h8-11,18-20,22H,5-7,12-16H2,1-4H3,(H,25,29). The van der Waals surface area contributed by atoms with Crippen LogP contribution in [0.15, 0.2) is 24.3 Å². The van der Waals surface area contributed by atoms with Gasteiger partial charge in [0.2, 0.25) is 11.8 Å². The van der Waals surface area contributed by atoms with Crippen molar-refractivity contribution in [3.05, 3.63) is 35.4 Å². The second kappa shape index (κ2) is 9.75. The van der Waals surface area contributed by atoms with Gasteiger partial charge in [-0.05, 0) is 37.7 Å². The molecule has 1 aliphatic carbocycles. The number of aryl methyl sites for hydroxylation is 1. The molecular weight excluding hydrogens is 362 g/mol. The maximum atomic E-state index is 12.8. The van der Waals surface area contributed by atoms with Gasteiger partial charge < -0.3 is 10.2 Å². The summed E-state index contributed by atoms with van der Waals surface area (Å²) in [6.45, 7) is 11.5. The fourth-order valence-electron chi connectivity index (χ4n) is 4.61. The lowest BCUT2D eigenvalue weighted by Gasteiger charge is -2.39. The minimum atomic E-state index is -0.145. The van der Waals surface area contributed by atoms with Crippen molar-refractivity contribution in [2.75, 3.05) is 26.2 Å². The van der Waals surface area contributed by atoms with Crippen molar-refractivity contribution in [1.29, 1.82) is 0 Å². The summed E-state index contributed by atoms with van der Waals surface area (Å²) in [4.78, 5) is 29.6. The van der Waals surface area contributed by atoms with Crippen molar-refractivity contribution < 1.29 is 9.59 Å². The summed E-state index contributed by atoms with van der Waals surface area (Å²) in [5.41, 5.74) is 2.27. The van der Waals surface area contributed by atoms with E-state index in [1.807, 2.05) is 24.0 Å². The molecule has 0 aromatic heterocycles. The number of carbonyl (C=O) groups excluding carboxylic acids is 2. The Morgan fingerprint density at radius 1 is 1.07 bits per heavy atom. The number of hydrogen-bond donors (Lipinski definition) is 1. The molecule has 1 saturated heterocycles. The van der Waals surface area contributed by atoms with Crippen molar-refractivity contribution in [1.82, 2.24) is 15.1 Å². The molecule has 160 valence electrons. The quantitative estimate of drug-likeness (QED) is 0.828. The highest BCUT2D eigenvalue weighted by Crippen LogP contribution is 2.29. The van der Waals surface area contributed by atoms with Gasteiger partial charge >= 0.3 is 0 Å². The molecule has 5 nitrogen and oxygen atoms in total. The highest BCUT2D eigenvalue weighted by Gasteiger charge is 2.32. The lowest BCUT2D eigenvalue weighted by Crippen LogP contribution is -2.57. The summed E-state index contributed by atoms with van der Waals surface area (Å²) < 4.78 is 0. The van der Waals surface area contributed by atoms with Crippen LogP contribution in [0.25, 0.3) is 0 Å². The first kappa shape index (κ1) is 21.8. The zero-order valence-electron chi connectivity index (χ0n) is 18.5. The third-order valence-corrected chi connectivity index (χ3v) is 7.10. The van der Waals surface area contributed by atoms with Crippen LogP contribution >= 0.6 is 0 Å². The van der Waals surface area contributed by atoms with Gasteiger partial charge in [-0.3, -0.25) is 14.5 Å². The molecule has 0 bridgehead atoms. The first-order valence-electron chi connectivity index (χ1n) is 11.2. The molecule has 0 spiro atoms. The molecule has 4 atom stereocenters. The number of nitrogens with zero attached hydrogens (tertiary/aromatic N) is 2. The van der Waals surface area contributed by atoms with Gasteiger partial charge in [-0.2, -0.15) is 0 Å². The Hall–Kier alpha value is -1.88. The van der Waals surface area contributed by atoms with Gasteiger partial charge in [-0.25, -0.2) is 0 Å². The van der Waals surface area contributed by atoms with Gasteiger partial charge in [0, 0.05) is 32.2 Å². The van der Waals surface area contributed by atoms with E-state index in [-0.39, 0.29) is 17.9 Å². The van der Waals surface area contributed by atoms with E-state index >= 15 is 0 Å². The molecule has 4 unspecified atom stereocenters. The molecule has 1 heterocycles. The van der Waals surface area contributed by atoms with E-state index in [0.29, 0.717) is 37.4 Å². The lowest BCUT2D eigenvalue weighted by molar-refractivity contribution is -0.133. The number of benzene rings is 1. The largest absolute Gasteiger partial charge is 0.352 e. The molecule has 5 heteroatoms. The Morgan fingerprint density at radius 3 is 2.38 bits per heavy atom. The molecular formula is C24H37N3O2. The second-order valence-electron chi connectivity index (χ2n) is 9.14. The Morgan fingerprint density at radius 2 is 1.72 bits per heavy atom. The highest BCUT2D eigenvalue weighted by molar-refractivity contribution is 5.82. The van der Waals surface area contributed by atoms with Crippen LogP contribution in [0.1, 0.15) is 51.2 Å². The lowest BCUT2D eigenvalue weighted by atomic mass is 9.78. The molecule has 1 aliphatic heterocycles. The predicted octanol–water partition coefficient (Wildman–Crippen LogP) is 3.01. The summed E-state index contributed by atoms with van der Waals surface area (Å²) in [7, 11) is 0. The summed E-state index contributed by atoms with van der Waals surface area (Å²) in [6.07, 6.45) is 4.01. The monoisotopic (exact) mass is 399 g/mol. The normalized spacial score (nSPS) is 26.8. The smallest absolute Gasteiger partial charge is 0.237 e. The van der Waals surface area contributed by atoms with Gasteiger partial charge in [-0.1, -0.05) is 56.5 Å². The average Bonchev–Trinajstić information content (AvgIpc) is 2.72. The number of piperazine rings is 1. The van der Waals surface area contributed by atoms with Crippen molar-refractivity contribution in [3.63, 3.8) is 0 Å². The molecule has 2 fully saturated rings. The minimum absolute atomic E-state index is 0.135. The molecule has 2 aliphatic rings. The summed E-state index contributed by atoms with van der Waals surface area (Å²) in [6, 6.07) is 8.31. The number of hydrogen-bond acceptors (Lipinski definition) is 3. The third kappa shape index (κ3) is 5.59. The zero-order chi connectivity index (χ0) is 21.0. The van der Waals surface area contributed by atoms with E-state index in [2.05, 4.69) is 43.1 Å². The van der Waals surface area contributed by atoms with E-state index in [9.17, 15) is 9.59 Å². The highest BCUT2D eigenvalue weighted by atomic mass is 16.2. The Kier molecular flexibility index (Phi) is 7.33. The fourth-order valence-corrected chi connectivity index (χ4v) is 4.61. The van der Waals surface area contributed by atoms with Gasteiger partial charge in [0.05, 0.1) is 12.5 Å². The number of amides is 2. The van der Waals surface area contributed by atoms with Gasteiger partial charge in [0.25, 0.3) is 0 Å². The molecule has 1 saturated carbocycles.